The van der Waals surface area contributed by atoms with E-state index in [2.05, 4.69) is 20.3 Å². The molecule has 152 valence electrons. The Morgan fingerprint density at radius 3 is 2.75 bits per heavy atom. The van der Waals surface area contributed by atoms with Gasteiger partial charge in [-0.05, 0) is 33.1 Å². The maximum atomic E-state index is 9.41. The van der Waals surface area contributed by atoms with Gasteiger partial charge >= 0.3 is 0 Å². The average molecular weight is 389 g/mol. The lowest BCUT2D eigenvalue weighted by Gasteiger charge is -2.24. The molecule has 0 amide bonds. The topological polar surface area (TPSA) is 104 Å². The lowest BCUT2D eigenvalue weighted by Crippen LogP contribution is -2.30. The highest BCUT2D eigenvalue weighted by Crippen LogP contribution is 2.44. The molecule has 0 radical (unpaired) electrons. The minimum Gasteiger partial charge on any atom is -0.396 e. The van der Waals surface area contributed by atoms with Gasteiger partial charge in [-0.3, -0.25) is 4.57 Å². The Bertz CT molecular complexity index is 850. The Balaban J connectivity index is 1.47. The van der Waals surface area contributed by atoms with Crippen LogP contribution in [0.2, 0.25) is 0 Å². The third-order valence-electron chi connectivity index (χ3n) is 5.87. The first kappa shape index (κ1) is 18.2. The number of nitrogens with zero attached hydrogens (tertiary/aromatic N) is 4. The van der Waals surface area contributed by atoms with Crippen LogP contribution >= 0.6 is 0 Å². The Hall–Kier alpha value is -1.81. The molecule has 2 N–H and O–H groups in total. The molecule has 1 aliphatic carbocycles. The summed E-state index contributed by atoms with van der Waals surface area (Å²) in [7, 11) is 0. The van der Waals surface area contributed by atoms with Gasteiger partial charge < -0.3 is 24.6 Å². The van der Waals surface area contributed by atoms with E-state index in [1.54, 1.807) is 12.7 Å². The quantitative estimate of drug-likeness (QED) is 0.800. The molecule has 0 spiro atoms. The van der Waals surface area contributed by atoms with E-state index >= 15 is 0 Å². The van der Waals surface area contributed by atoms with E-state index in [4.69, 9.17) is 14.2 Å². The summed E-state index contributed by atoms with van der Waals surface area (Å²) < 4.78 is 20.3. The van der Waals surface area contributed by atoms with Crippen LogP contribution in [0.25, 0.3) is 11.2 Å². The van der Waals surface area contributed by atoms with E-state index < -0.39 is 12.0 Å². The Labute approximate surface area is 163 Å². The van der Waals surface area contributed by atoms with Crippen LogP contribution in [0, 0.1) is 0 Å². The van der Waals surface area contributed by atoms with Crippen molar-refractivity contribution in [3.63, 3.8) is 0 Å². The predicted octanol–water partition coefficient (Wildman–Crippen LogP) is 1.98. The van der Waals surface area contributed by atoms with Crippen molar-refractivity contribution in [2.45, 2.75) is 82.3 Å². The van der Waals surface area contributed by atoms with Gasteiger partial charge in [0.05, 0.1) is 12.4 Å². The van der Waals surface area contributed by atoms with Crippen molar-refractivity contribution in [1.29, 1.82) is 0 Å². The summed E-state index contributed by atoms with van der Waals surface area (Å²) >= 11 is 0. The summed E-state index contributed by atoms with van der Waals surface area (Å²) in [6.07, 6.45) is 7.43. The molecule has 4 atom stereocenters. The number of rotatable bonds is 5. The minimum absolute atomic E-state index is 0.0344. The maximum absolute atomic E-state index is 9.41. The van der Waals surface area contributed by atoms with Crippen LogP contribution in [0.4, 0.5) is 5.82 Å². The molecule has 2 aromatic rings. The van der Waals surface area contributed by atoms with Gasteiger partial charge in [0.1, 0.15) is 18.5 Å². The first-order valence-corrected chi connectivity index (χ1v) is 10.1. The number of imidazole rings is 1. The highest BCUT2D eigenvalue weighted by molar-refractivity contribution is 5.82. The van der Waals surface area contributed by atoms with Gasteiger partial charge in [-0.15, -0.1) is 0 Å². The van der Waals surface area contributed by atoms with Crippen LogP contribution in [0.5, 0.6) is 0 Å². The van der Waals surface area contributed by atoms with Crippen LogP contribution in [0.15, 0.2) is 12.7 Å². The molecule has 3 aliphatic rings. The molecule has 1 saturated carbocycles. The van der Waals surface area contributed by atoms with Gasteiger partial charge in [-0.2, -0.15) is 0 Å². The maximum Gasteiger partial charge on any atom is 0.167 e. The molecule has 5 rings (SSSR count). The van der Waals surface area contributed by atoms with Gasteiger partial charge in [-0.25, -0.2) is 15.0 Å². The molecule has 0 bridgehead atoms. The molecule has 0 aromatic carbocycles. The van der Waals surface area contributed by atoms with E-state index in [1.165, 1.54) is 12.8 Å². The molecule has 2 aromatic heterocycles. The van der Waals surface area contributed by atoms with E-state index in [0.717, 1.165) is 24.2 Å². The summed E-state index contributed by atoms with van der Waals surface area (Å²) in [4.78, 5) is 13.5. The number of hydrogen-bond donors (Lipinski definition) is 2. The van der Waals surface area contributed by atoms with Crippen molar-refractivity contribution in [3.05, 3.63) is 12.7 Å². The number of aromatic nitrogens is 4. The monoisotopic (exact) mass is 389 g/mol. The Morgan fingerprint density at radius 1 is 1.18 bits per heavy atom. The predicted molar refractivity (Wildman–Crippen MR) is 101 cm³/mol. The van der Waals surface area contributed by atoms with Crippen LogP contribution in [-0.4, -0.2) is 61.4 Å². The Morgan fingerprint density at radius 2 is 1.96 bits per heavy atom. The SMILES string of the molecule is CC1(C)OC2C(CCO)OC(n3cnc4c(NC5CCCC5)ncnc43)C2O1. The summed E-state index contributed by atoms with van der Waals surface area (Å²) in [5, 5.41) is 12.9. The van der Waals surface area contributed by atoms with Gasteiger partial charge in [0.25, 0.3) is 0 Å². The molecule has 4 heterocycles. The number of hydrogen-bond acceptors (Lipinski definition) is 8. The van der Waals surface area contributed by atoms with Crippen LogP contribution in [-0.2, 0) is 14.2 Å². The fourth-order valence-corrected chi connectivity index (χ4v) is 4.65. The lowest BCUT2D eigenvalue weighted by molar-refractivity contribution is -0.197. The zero-order chi connectivity index (χ0) is 19.3. The summed E-state index contributed by atoms with van der Waals surface area (Å²) in [5.41, 5.74) is 1.44. The van der Waals surface area contributed by atoms with E-state index in [-0.39, 0.29) is 24.9 Å². The van der Waals surface area contributed by atoms with E-state index in [0.29, 0.717) is 18.1 Å². The first-order chi connectivity index (χ1) is 13.6. The zero-order valence-corrected chi connectivity index (χ0v) is 16.2. The second-order valence-electron chi connectivity index (χ2n) is 8.31. The number of aliphatic hydroxyl groups is 1. The second-order valence-corrected chi connectivity index (χ2v) is 8.31. The molecule has 4 unspecified atom stereocenters. The number of aliphatic hydroxyl groups excluding tert-OH is 1. The van der Waals surface area contributed by atoms with Crippen molar-refractivity contribution >= 4 is 17.0 Å². The van der Waals surface area contributed by atoms with Crippen LogP contribution in [0.3, 0.4) is 0 Å². The van der Waals surface area contributed by atoms with Gasteiger partial charge in [-0.1, -0.05) is 12.8 Å². The summed E-state index contributed by atoms with van der Waals surface area (Å²) in [6, 6.07) is 0.441. The van der Waals surface area contributed by atoms with Crippen LogP contribution in [0.1, 0.15) is 52.2 Å². The molecule has 9 nitrogen and oxygen atoms in total. The molecular weight excluding hydrogens is 362 g/mol. The van der Waals surface area contributed by atoms with Gasteiger partial charge in [0.2, 0.25) is 0 Å². The van der Waals surface area contributed by atoms with Crippen molar-refractivity contribution in [1.82, 2.24) is 19.5 Å². The van der Waals surface area contributed by atoms with Gasteiger partial charge in [0.15, 0.2) is 29.0 Å². The van der Waals surface area contributed by atoms with Crippen molar-refractivity contribution < 1.29 is 19.3 Å². The van der Waals surface area contributed by atoms with Gasteiger partial charge in [0, 0.05) is 12.6 Å². The zero-order valence-electron chi connectivity index (χ0n) is 16.2. The fraction of sp³-hybridized carbons (Fsp3) is 0.737. The highest BCUT2D eigenvalue weighted by atomic mass is 16.8. The number of fused-ring (bicyclic) bond motifs is 2. The largest absolute Gasteiger partial charge is 0.396 e. The van der Waals surface area contributed by atoms with Crippen molar-refractivity contribution in [3.8, 4) is 0 Å². The van der Waals surface area contributed by atoms with Crippen molar-refractivity contribution in [2.75, 3.05) is 11.9 Å². The number of nitrogens with one attached hydrogen (secondary N) is 1. The molecule has 3 fully saturated rings. The molecule has 2 aliphatic heterocycles. The first-order valence-electron chi connectivity index (χ1n) is 10.1. The normalized spacial score (nSPS) is 32.2. The summed E-state index contributed by atoms with van der Waals surface area (Å²) in [6.45, 7) is 3.83. The minimum atomic E-state index is -0.689. The lowest BCUT2D eigenvalue weighted by atomic mass is 10.1. The third kappa shape index (κ3) is 3.06. The molecular formula is C19H27N5O4. The second kappa shape index (κ2) is 6.91. The van der Waals surface area contributed by atoms with E-state index in [1.807, 2.05) is 18.4 Å². The smallest absolute Gasteiger partial charge is 0.167 e. The summed E-state index contributed by atoms with van der Waals surface area (Å²) in [5.74, 6) is 0.0760. The third-order valence-corrected chi connectivity index (χ3v) is 5.87. The highest BCUT2D eigenvalue weighted by Gasteiger charge is 2.55. The molecule has 2 saturated heterocycles. The molecule has 28 heavy (non-hydrogen) atoms. The Kier molecular flexibility index (Phi) is 4.50. The van der Waals surface area contributed by atoms with E-state index in [9.17, 15) is 5.11 Å². The number of ether oxygens (including phenoxy) is 3. The standard InChI is InChI=1S/C19H27N5O4/c1-19(2)27-14-12(7-8-25)26-18(15(14)28-19)24-10-22-13-16(20-9-21-17(13)24)23-11-5-3-4-6-11/h9-12,14-15,18,25H,3-8H2,1-2H3,(H,20,21,23). The average Bonchev–Trinajstić information content (AvgIpc) is 3.41. The number of anilines is 1. The fourth-order valence-electron chi connectivity index (χ4n) is 4.65. The molecule has 9 heteroatoms. The van der Waals surface area contributed by atoms with Crippen LogP contribution < -0.4 is 5.32 Å². The van der Waals surface area contributed by atoms with Crippen molar-refractivity contribution in [2.24, 2.45) is 0 Å².